The van der Waals surface area contributed by atoms with Crippen LogP contribution >= 0.6 is 0 Å². The molecule has 0 bridgehead atoms. The molecule has 0 heterocycles. The van der Waals surface area contributed by atoms with Crippen molar-refractivity contribution in [3.63, 3.8) is 0 Å². The van der Waals surface area contributed by atoms with Crippen molar-refractivity contribution in [3.8, 4) is 6.07 Å². The molecule has 3 aromatic rings. The summed E-state index contributed by atoms with van der Waals surface area (Å²) >= 11 is 0. The molecule has 3 rings (SSSR count). The number of anilines is 1. The lowest BCUT2D eigenvalue weighted by Crippen LogP contribution is -2.18. The lowest BCUT2D eigenvalue weighted by molar-refractivity contribution is 0.102. The zero-order valence-electron chi connectivity index (χ0n) is 15.5. The highest BCUT2D eigenvalue weighted by Crippen LogP contribution is 2.16. The summed E-state index contributed by atoms with van der Waals surface area (Å²) in [4.78, 5) is 14.7. The van der Waals surface area contributed by atoms with Crippen molar-refractivity contribution >= 4 is 11.6 Å². The van der Waals surface area contributed by atoms with E-state index >= 15 is 0 Å². The van der Waals surface area contributed by atoms with Gasteiger partial charge in [0, 0.05) is 24.3 Å². The third-order valence-corrected chi connectivity index (χ3v) is 4.28. The fourth-order valence-corrected chi connectivity index (χ4v) is 2.97. The first kappa shape index (κ1) is 19.3. The standard InChI is InChI=1S/C23H20FN3O/c1-27(15-17-6-3-2-4-7-17)16-18-8-5-9-19(12-18)23(28)26-21-10-11-22(24)20(13-21)14-25/h2-13H,15-16H2,1H3,(H,26,28). The molecule has 1 N–H and O–H groups in total. The average molecular weight is 373 g/mol. The molecule has 4 nitrogen and oxygen atoms in total. The van der Waals surface area contributed by atoms with Gasteiger partial charge in [-0.25, -0.2) is 4.39 Å². The largest absolute Gasteiger partial charge is 0.322 e. The predicted octanol–water partition coefficient (Wildman–Crippen LogP) is 4.58. The van der Waals surface area contributed by atoms with E-state index in [4.69, 9.17) is 5.26 Å². The second kappa shape index (κ2) is 8.94. The Labute approximate surface area is 163 Å². The lowest BCUT2D eigenvalue weighted by atomic mass is 10.1. The molecule has 0 fully saturated rings. The van der Waals surface area contributed by atoms with Gasteiger partial charge in [-0.15, -0.1) is 0 Å². The quantitative estimate of drug-likeness (QED) is 0.688. The summed E-state index contributed by atoms with van der Waals surface area (Å²) < 4.78 is 13.4. The smallest absolute Gasteiger partial charge is 0.255 e. The summed E-state index contributed by atoms with van der Waals surface area (Å²) in [6.45, 7) is 1.51. The van der Waals surface area contributed by atoms with E-state index in [-0.39, 0.29) is 11.5 Å². The van der Waals surface area contributed by atoms with E-state index in [1.807, 2.05) is 43.4 Å². The maximum Gasteiger partial charge on any atom is 0.255 e. The molecular weight excluding hydrogens is 353 g/mol. The van der Waals surface area contributed by atoms with E-state index in [1.165, 1.54) is 23.8 Å². The maximum atomic E-state index is 13.4. The van der Waals surface area contributed by atoms with E-state index in [2.05, 4.69) is 22.3 Å². The van der Waals surface area contributed by atoms with Crippen LogP contribution in [0.25, 0.3) is 0 Å². The van der Waals surface area contributed by atoms with Gasteiger partial charge in [-0.1, -0.05) is 42.5 Å². The number of carbonyl (C=O) groups excluding carboxylic acids is 1. The number of hydrogen-bond acceptors (Lipinski definition) is 3. The van der Waals surface area contributed by atoms with Gasteiger partial charge in [0.2, 0.25) is 0 Å². The fraction of sp³-hybridized carbons (Fsp3) is 0.130. The number of benzene rings is 3. The fourth-order valence-electron chi connectivity index (χ4n) is 2.97. The van der Waals surface area contributed by atoms with Crippen LogP contribution in [0.15, 0.2) is 72.8 Å². The Balaban J connectivity index is 1.67. The van der Waals surface area contributed by atoms with Crippen molar-refractivity contribution in [2.24, 2.45) is 0 Å². The number of nitriles is 1. The van der Waals surface area contributed by atoms with Crippen molar-refractivity contribution in [1.82, 2.24) is 4.90 Å². The van der Waals surface area contributed by atoms with Crippen molar-refractivity contribution in [3.05, 3.63) is 101 Å². The minimum atomic E-state index is -0.607. The normalized spacial score (nSPS) is 10.5. The highest BCUT2D eigenvalue weighted by Gasteiger charge is 2.10. The first-order valence-electron chi connectivity index (χ1n) is 8.87. The Hall–Kier alpha value is -3.49. The molecule has 0 saturated heterocycles. The minimum absolute atomic E-state index is 0.103. The summed E-state index contributed by atoms with van der Waals surface area (Å²) in [5.74, 6) is -0.910. The molecule has 140 valence electrons. The molecule has 0 saturated carbocycles. The highest BCUT2D eigenvalue weighted by atomic mass is 19.1. The highest BCUT2D eigenvalue weighted by molar-refractivity contribution is 6.04. The molecule has 1 amide bonds. The van der Waals surface area contributed by atoms with E-state index in [0.717, 1.165) is 12.1 Å². The number of carbonyl (C=O) groups is 1. The van der Waals surface area contributed by atoms with Gasteiger partial charge in [0.05, 0.1) is 5.56 Å². The zero-order valence-corrected chi connectivity index (χ0v) is 15.5. The Morgan fingerprint density at radius 2 is 1.71 bits per heavy atom. The van der Waals surface area contributed by atoms with Gasteiger partial charge < -0.3 is 5.32 Å². The molecule has 0 spiro atoms. The van der Waals surface area contributed by atoms with Crippen molar-refractivity contribution in [2.45, 2.75) is 13.1 Å². The van der Waals surface area contributed by atoms with Crippen LogP contribution in [0.2, 0.25) is 0 Å². The number of halogens is 1. The SMILES string of the molecule is CN(Cc1ccccc1)Cc1cccc(C(=O)Nc2ccc(F)c(C#N)c2)c1. The van der Waals surface area contributed by atoms with E-state index in [1.54, 1.807) is 12.1 Å². The Morgan fingerprint density at radius 1 is 1.00 bits per heavy atom. The Kier molecular flexibility index (Phi) is 6.15. The van der Waals surface area contributed by atoms with Crippen LogP contribution in [0, 0.1) is 17.1 Å². The minimum Gasteiger partial charge on any atom is -0.322 e. The van der Waals surface area contributed by atoms with E-state index < -0.39 is 5.82 Å². The predicted molar refractivity (Wildman–Crippen MR) is 107 cm³/mol. The van der Waals surface area contributed by atoms with Gasteiger partial charge in [-0.3, -0.25) is 9.69 Å². The second-order valence-corrected chi connectivity index (χ2v) is 6.62. The summed E-state index contributed by atoms with van der Waals surface area (Å²) in [6.07, 6.45) is 0. The molecule has 0 atom stereocenters. The molecule has 28 heavy (non-hydrogen) atoms. The summed E-state index contributed by atoms with van der Waals surface area (Å²) in [7, 11) is 2.03. The zero-order chi connectivity index (χ0) is 19.9. The summed E-state index contributed by atoms with van der Waals surface area (Å²) in [5, 5.41) is 11.6. The number of nitrogens with one attached hydrogen (secondary N) is 1. The molecule has 0 unspecified atom stereocenters. The van der Waals surface area contributed by atoms with Crippen molar-refractivity contribution in [2.75, 3.05) is 12.4 Å². The maximum absolute atomic E-state index is 13.4. The van der Waals surface area contributed by atoms with Gasteiger partial charge in [0.15, 0.2) is 0 Å². The molecule has 5 heteroatoms. The van der Waals surface area contributed by atoms with Crippen LogP contribution in [0.1, 0.15) is 27.0 Å². The van der Waals surface area contributed by atoms with Gasteiger partial charge in [-0.2, -0.15) is 5.26 Å². The van der Waals surface area contributed by atoms with Gasteiger partial charge in [-0.05, 0) is 48.5 Å². The van der Waals surface area contributed by atoms with Crippen LogP contribution < -0.4 is 5.32 Å². The summed E-state index contributed by atoms with van der Waals surface area (Å²) in [6, 6.07) is 23.3. The molecular formula is C23H20FN3O. The molecule has 0 aliphatic heterocycles. The van der Waals surface area contributed by atoms with E-state index in [9.17, 15) is 9.18 Å². The van der Waals surface area contributed by atoms with E-state index in [0.29, 0.717) is 17.8 Å². The van der Waals surface area contributed by atoms with Gasteiger partial charge >= 0.3 is 0 Å². The lowest BCUT2D eigenvalue weighted by Gasteiger charge is -2.17. The van der Waals surface area contributed by atoms with Crippen molar-refractivity contribution in [1.29, 1.82) is 5.26 Å². The van der Waals surface area contributed by atoms with Crippen LogP contribution in [0.4, 0.5) is 10.1 Å². The third kappa shape index (κ3) is 5.03. The topological polar surface area (TPSA) is 56.1 Å². The molecule has 3 aromatic carbocycles. The molecule has 0 aromatic heterocycles. The van der Waals surface area contributed by atoms with Crippen LogP contribution in [-0.2, 0) is 13.1 Å². The van der Waals surface area contributed by atoms with Crippen LogP contribution in [0.5, 0.6) is 0 Å². The van der Waals surface area contributed by atoms with Crippen LogP contribution in [-0.4, -0.2) is 17.9 Å². The van der Waals surface area contributed by atoms with Gasteiger partial charge in [0.25, 0.3) is 5.91 Å². The first-order chi connectivity index (χ1) is 13.5. The summed E-state index contributed by atoms with van der Waals surface area (Å²) in [5.41, 5.74) is 3.03. The number of rotatable bonds is 6. The average Bonchev–Trinajstić information content (AvgIpc) is 2.70. The number of nitrogens with zero attached hydrogens (tertiary/aromatic N) is 2. The first-order valence-corrected chi connectivity index (χ1v) is 8.87. The number of amides is 1. The molecule has 0 aliphatic rings. The molecule has 0 aliphatic carbocycles. The van der Waals surface area contributed by atoms with Gasteiger partial charge in [0.1, 0.15) is 11.9 Å². The third-order valence-electron chi connectivity index (χ3n) is 4.28. The van der Waals surface area contributed by atoms with Crippen LogP contribution in [0.3, 0.4) is 0 Å². The Morgan fingerprint density at radius 3 is 2.46 bits per heavy atom. The number of hydrogen-bond donors (Lipinski definition) is 1. The Bertz CT molecular complexity index is 1010. The molecule has 0 radical (unpaired) electrons. The monoisotopic (exact) mass is 373 g/mol. The second-order valence-electron chi connectivity index (χ2n) is 6.62. The van der Waals surface area contributed by atoms with Crippen molar-refractivity contribution < 1.29 is 9.18 Å².